The summed E-state index contributed by atoms with van der Waals surface area (Å²) in [6.07, 6.45) is 0. The molecule has 1 heterocycles. The molecular weight excluding hydrogens is 296 g/mol. The monoisotopic (exact) mass is 310 g/mol. The Kier molecular flexibility index (Phi) is 4.47. The van der Waals surface area contributed by atoms with Gasteiger partial charge in [0, 0.05) is 11.9 Å². The second-order valence-corrected chi connectivity index (χ2v) is 5.31. The molecule has 21 heavy (non-hydrogen) atoms. The van der Waals surface area contributed by atoms with Crippen molar-refractivity contribution in [1.29, 1.82) is 0 Å². The summed E-state index contributed by atoms with van der Waals surface area (Å²) in [6, 6.07) is 6.79. The van der Waals surface area contributed by atoms with Gasteiger partial charge in [-0.25, -0.2) is 4.79 Å². The third-order valence-electron chi connectivity index (χ3n) is 2.56. The highest BCUT2D eigenvalue weighted by molar-refractivity contribution is 6.30. The number of rotatable bonds is 5. The number of carbonyl (C=O) groups excluding carboxylic acids is 1. The standard InChI is InChI=1S/C14H15ClN2O4/c1-9-16-12(17-21-9)8-19-13(18)14(2,3)20-11-6-4-5-10(15)7-11/h4-7H,8H2,1-3H3. The lowest BCUT2D eigenvalue weighted by Gasteiger charge is -2.24. The van der Waals surface area contributed by atoms with Crippen LogP contribution in [0, 0.1) is 6.92 Å². The maximum atomic E-state index is 12.1. The zero-order valence-corrected chi connectivity index (χ0v) is 12.7. The molecule has 0 aliphatic rings. The van der Waals surface area contributed by atoms with Gasteiger partial charge < -0.3 is 14.0 Å². The van der Waals surface area contributed by atoms with E-state index >= 15 is 0 Å². The molecule has 0 atom stereocenters. The first-order valence-electron chi connectivity index (χ1n) is 6.28. The number of benzene rings is 1. The topological polar surface area (TPSA) is 74.5 Å². The smallest absolute Gasteiger partial charge is 0.350 e. The van der Waals surface area contributed by atoms with Crippen molar-refractivity contribution >= 4 is 17.6 Å². The van der Waals surface area contributed by atoms with Crippen LogP contribution >= 0.6 is 11.6 Å². The lowest BCUT2D eigenvalue weighted by Crippen LogP contribution is -2.39. The summed E-state index contributed by atoms with van der Waals surface area (Å²) < 4.78 is 15.5. The number of hydrogen-bond donors (Lipinski definition) is 0. The Labute approximate surface area is 127 Å². The molecule has 1 aromatic heterocycles. The maximum absolute atomic E-state index is 12.1. The van der Waals surface area contributed by atoms with Gasteiger partial charge in [0.25, 0.3) is 0 Å². The number of carbonyl (C=O) groups is 1. The minimum atomic E-state index is -1.16. The van der Waals surface area contributed by atoms with Gasteiger partial charge >= 0.3 is 5.97 Å². The minimum absolute atomic E-state index is 0.0709. The highest BCUT2D eigenvalue weighted by atomic mass is 35.5. The van der Waals surface area contributed by atoms with E-state index in [9.17, 15) is 4.79 Å². The summed E-state index contributed by atoms with van der Waals surface area (Å²) in [7, 11) is 0. The van der Waals surface area contributed by atoms with Gasteiger partial charge in [-0.15, -0.1) is 0 Å². The van der Waals surface area contributed by atoms with E-state index in [-0.39, 0.29) is 6.61 Å². The fourth-order valence-corrected chi connectivity index (χ4v) is 1.75. The van der Waals surface area contributed by atoms with Crippen molar-refractivity contribution in [3.8, 4) is 5.75 Å². The van der Waals surface area contributed by atoms with Crippen molar-refractivity contribution in [2.45, 2.75) is 33.0 Å². The van der Waals surface area contributed by atoms with Crippen molar-refractivity contribution in [3.63, 3.8) is 0 Å². The van der Waals surface area contributed by atoms with Crippen molar-refractivity contribution in [2.75, 3.05) is 0 Å². The van der Waals surface area contributed by atoms with Crippen LogP contribution in [0.2, 0.25) is 5.02 Å². The van der Waals surface area contributed by atoms with Crippen molar-refractivity contribution in [2.24, 2.45) is 0 Å². The molecule has 0 aliphatic heterocycles. The zero-order valence-electron chi connectivity index (χ0n) is 11.9. The van der Waals surface area contributed by atoms with Crippen LogP contribution in [0.25, 0.3) is 0 Å². The molecule has 0 unspecified atom stereocenters. The fraction of sp³-hybridized carbons (Fsp3) is 0.357. The molecule has 2 aromatic rings. The number of aryl methyl sites for hydroxylation is 1. The van der Waals surface area contributed by atoms with Gasteiger partial charge in [0.05, 0.1) is 0 Å². The Hall–Kier alpha value is -2.08. The van der Waals surface area contributed by atoms with E-state index < -0.39 is 11.6 Å². The van der Waals surface area contributed by atoms with Crippen LogP contribution in [0.4, 0.5) is 0 Å². The maximum Gasteiger partial charge on any atom is 0.350 e. The average Bonchev–Trinajstić information content (AvgIpc) is 2.81. The number of hydrogen-bond acceptors (Lipinski definition) is 6. The molecule has 0 amide bonds. The molecule has 7 heteroatoms. The number of esters is 1. The summed E-state index contributed by atoms with van der Waals surface area (Å²) in [5, 5.41) is 4.17. The molecule has 1 aromatic carbocycles. The lowest BCUT2D eigenvalue weighted by atomic mass is 10.1. The third kappa shape index (κ3) is 4.19. The number of nitrogens with zero attached hydrogens (tertiary/aromatic N) is 2. The molecular formula is C14H15ClN2O4. The molecule has 0 bridgehead atoms. The predicted octanol–water partition coefficient (Wildman–Crippen LogP) is 2.93. The molecule has 0 radical (unpaired) electrons. The molecule has 0 N–H and O–H groups in total. The van der Waals surface area contributed by atoms with Crippen LogP contribution in [0.15, 0.2) is 28.8 Å². The van der Waals surface area contributed by atoms with E-state index in [1.165, 1.54) is 0 Å². The van der Waals surface area contributed by atoms with E-state index in [1.54, 1.807) is 45.0 Å². The lowest BCUT2D eigenvalue weighted by molar-refractivity contribution is -0.161. The van der Waals surface area contributed by atoms with E-state index in [0.717, 1.165) is 0 Å². The SMILES string of the molecule is Cc1nc(COC(=O)C(C)(C)Oc2cccc(Cl)c2)no1. The number of ether oxygens (including phenoxy) is 2. The number of aromatic nitrogens is 2. The van der Waals surface area contributed by atoms with E-state index in [1.807, 2.05) is 0 Å². The first kappa shape index (κ1) is 15.3. The van der Waals surface area contributed by atoms with Gasteiger partial charge in [0.1, 0.15) is 5.75 Å². The summed E-state index contributed by atoms with van der Waals surface area (Å²) in [5.41, 5.74) is -1.16. The van der Waals surface area contributed by atoms with Crippen LogP contribution in [0.1, 0.15) is 25.6 Å². The second kappa shape index (κ2) is 6.13. The second-order valence-electron chi connectivity index (χ2n) is 4.88. The molecule has 0 saturated carbocycles. The van der Waals surface area contributed by atoms with Gasteiger partial charge in [-0.1, -0.05) is 22.8 Å². The molecule has 0 aliphatic carbocycles. The summed E-state index contributed by atoms with van der Waals surface area (Å²) in [6.45, 7) is 4.80. The van der Waals surface area contributed by atoms with E-state index in [2.05, 4.69) is 10.1 Å². The van der Waals surface area contributed by atoms with Crippen LogP contribution in [-0.4, -0.2) is 21.7 Å². The summed E-state index contributed by atoms with van der Waals surface area (Å²) >= 11 is 5.87. The normalized spacial score (nSPS) is 11.2. The molecule has 0 fully saturated rings. The molecule has 6 nitrogen and oxygen atoms in total. The quantitative estimate of drug-likeness (QED) is 0.790. The largest absolute Gasteiger partial charge is 0.476 e. The van der Waals surface area contributed by atoms with Crippen molar-refractivity contribution in [1.82, 2.24) is 10.1 Å². The third-order valence-corrected chi connectivity index (χ3v) is 2.80. The Balaban J connectivity index is 1.96. The molecule has 112 valence electrons. The Morgan fingerprint density at radius 3 is 2.81 bits per heavy atom. The van der Waals surface area contributed by atoms with Gasteiger partial charge in [0.15, 0.2) is 12.2 Å². The van der Waals surface area contributed by atoms with Crippen LogP contribution < -0.4 is 4.74 Å². The molecule has 2 rings (SSSR count). The predicted molar refractivity (Wildman–Crippen MR) is 75.0 cm³/mol. The molecule has 0 spiro atoms. The van der Waals surface area contributed by atoms with Gasteiger partial charge in [-0.3, -0.25) is 0 Å². The highest BCUT2D eigenvalue weighted by Crippen LogP contribution is 2.23. The zero-order chi connectivity index (χ0) is 15.5. The Morgan fingerprint density at radius 1 is 1.43 bits per heavy atom. The Bertz CT molecular complexity index is 639. The van der Waals surface area contributed by atoms with E-state index in [0.29, 0.717) is 22.5 Å². The van der Waals surface area contributed by atoms with Crippen LogP contribution in [-0.2, 0) is 16.1 Å². The minimum Gasteiger partial charge on any atom is -0.476 e. The van der Waals surface area contributed by atoms with Crippen LogP contribution in [0.3, 0.4) is 0 Å². The van der Waals surface area contributed by atoms with E-state index in [4.69, 9.17) is 25.6 Å². The van der Waals surface area contributed by atoms with Crippen molar-refractivity contribution < 1.29 is 18.8 Å². The van der Waals surface area contributed by atoms with Crippen LogP contribution in [0.5, 0.6) is 5.75 Å². The number of halogens is 1. The first-order chi connectivity index (χ1) is 9.87. The van der Waals surface area contributed by atoms with Crippen molar-refractivity contribution in [3.05, 3.63) is 41.0 Å². The van der Waals surface area contributed by atoms with Gasteiger partial charge in [0.2, 0.25) is 11.7 Å². The highest BCUT2D eigenvalue weighted by Gasteiger charge is 2.32. The Morgan fingerprint density at radius 2 is 2.19 bits per heavy atom. The first-order valence-corrected chi connectivity index (χ1v) is 6.65. The molecule has 0 saturated heterocycles. The van der Waals surface area contributed by atoms with Gasteiger partial charge in [-0.05, 0) is 32.0 Å². The average molecular weight is 311 g/mol. The van der Waals surface area contributed by atoms with Gasteiger partial charge in [-0.2, -0.15) is 4.98 Å². The summed E-state index contributed by atoms with van der Waals surface area (Å²) in [4.78, 5) is 16.0. The summed E-state index contributed by atoms with van der Waals surface area (Å²) in [5.74, 6) is 0.666. The fourth-order valence-electron chi connectivity index (χ4n) is 1.57.